The lowest BCUT2D eigenvalue weighted by atomic mass is 9.78. The summed E-state index contributed by atoms with van der Waals surface area (Å²) >= 11 is 0. The van der Waals surface area contributed by atoms with Gasteiger partial charge in [0.25, 0.3) is 0 Å². The topological polar surface area (TPSA) is 49.9 Å². The first kappa shape index (κ1) is 17.8. The smallest absolute Gasteiger partial charge is 0.230 e. The summed E-state index contributed by atoms with van der Waals surface area (Å²) in [6.45, 7) is 4.97. The van der Waals surface area contributed by atoms with E-state index in [-0.39, 0.29) is 17.2 Å². The van der Waals surface area contributed by atoms with Crippen LogP contribution in [-0.2, 0) is 16.0 Å². The number of nitrogens with zero attached hydrogens (tertiary/aromatic N) is 2. The molecule has 1 aromatic rings. The Balaban J connectivity index is 1.58. The predicted molar refractivity (Wildman–Crippen MR) is 96.4 cm³/mol. The summed E-state index contributed by atoms with van der Waals surface area (Å²) in [6.07, 6.45) is 3.96. The first-order valence-electron chi connectivity index (χ1n) is 9.28. The molecule has 0 radical (unpaired) electrons. The van der Waals surface area contributed by atoms with Gasteiger partial charge in [0, 0.05) is 32.6 Å². The van der Waals surface area contributed by atoms with Gasteiger partial charge in [-0.25, -0.2) is 0 Å². The Hall–Kier alpha value is -2.04. The molecule has 5 nitrogen and oxygen atoms in total. The maximum atomic E-state index is 12.8. The third-order valence-electron chi connectivity index (χ3n) is 5.67. The fourth-order valence-electron chi connectivity index (χ4n) is 4.16. The van der Waals surface area contributed by atoms with Gasteiger partial charge >= 0.3 is 0 Å². The zero-order valence-corrected chi connectivity index (χ0v) is 15.3. The predicted octanol–water partition coefficient (Wildman–Crippen LogP) is 2.49. The Bertz CT molecular complexity index is 646. The Kier molecular flexibility index (Phi) is 5.30. The van der Waals surface area contributed by atoms with Crippen molar-refractivity contribution in [2.24, 2.45) is 5.41 Å². The SMILES string of the molecule is CCN1CCCC2(CCN(C(=O)CCc3cccc(OC)c3)C2)C1=O. The lowest BCUT2D eigenvalue weighted by molar-refractivity contribution is -0.145. The maximum absolute atomic E-state index is 12.8. The number of piperidine rings is 1. The van der Waals surface area contributed by atoms with Crippen LogP contribution < -0.4 is 4.74 Å². The summed E-state index contributed by atoms with van der Waals surface area (Å²) in [4.78, 5) is 29.3. The van der Waals surface area contributed by atoms with Crippen molar-refractivity contribution in [2.45, 2.75) is 39.0 Å². The van der Waals surface area contributed by atoms with Crippen LogP contribution in [0.2, 0.25) is 0 Å². The third-order valence-corrected chi connectivity index (χ3v) is 5.67. The molecule has 0 N–H and O–H groups in total. The van der Waals surface area contributed by atoms with Crippen LogP contribution in [0, 0.1) is 5.41 Å². The van der Waals surface area contributed by atoms with Crippen LogP contribution in [0.25, 0.3) is 0 Å². The van der Waals surface area contributed by atoms with Crippen molar-refractivity contribution in [3.63, 3.8) is 0 Å². The molecule has 1 spiro atoms. The van der Waals surface area contributed by atoms with E-state index in [9.17, 15) is 9.59 Å². The molecule has 25 heavy (non-hydrogen) atoms. The van der Waals surface area contributed by atoms with Crippen LogP contribution in [0.5, 0.6) is 5.75 Å². The second kappa shape index (κ2) is 7.46. The summed E-state index contributed by atoms with van der Waals surface area (Å²) in [5.74, 6) is 1.22. The van der Waals surface area contributed by atoms with Gasteiger partial charge in [-0.3, -0.25) is 9.59 Å². The van der Waals surface area contributed by atoms with Crippen LogP contribution >= 0.6 is 0 Å². The Morgan fingerprint density at radius 3 is 2.88 bits per heavy atom. The highest BCUT2D eigenvalue weighted by Gasteiger charge is 2.48. The van der Waals surface area contributed by atoms with Gasteiger partial charge in [0.15, 0.2) is 0 Å². The minimum atomic E-state index is -0.320. The molecule has 2 heterocycles. The zero-order chi connectivity index (χ0) is 17.9. The number of aryl methyl sites for hydroxylation is 1. The van der Waals surface area contributed by atoms with Gasteiger partial charge in [-0.05, 0) is 50.3 Å². The molecule has 0 aliphatic carbocycles. The molecule has 2 saturated heterocycles. The molecular weight excluding hydrogens is 316 g/mol. The highest BCUT2D eigenvalue weighted by molar-refractivity contribution is 5.86. The van der Waals surface area contributed by atoms with Crippen molar-refractivity contribution < 1.29 is 14.3 Å². The first-order valence-corrected chi connectivity index (χ1v) is 9.28. The average molecular weight is 344 g/mol. The summed E-state index contributed by atoms with van der Waals surface area (Å²) in [5, 5.41) is 0. The molecule has 1 unspecified atom stereocenters. The number of ether oxygens (including phenoxy) is 1. The summed E-state index contributed by atoms with van der Waals surface area (Å²) in [7, 11) is 1.65. The fourth-order valence-corrected chi connectivity index (χ4v) is 4.16. The lowest BCUT2D eigenvalue weighted by Gasteiger charge is -2.38. The van der Waals surface area contributed by atoms with Crippen LogP contribution in [-0.4, -0.2) is 54.9 Å². The molecule has 0 aromatic heterocycles. The number of hydrogen-bond donors (Lipinski definition) is 0. The third kappa shape index (κ3) is 3.65. The summed E-state index contributed by atoms with van der Waals surface area (Å²) in [6, 6.07) is 7.85. The van der Waals surface area contributed by atoms with Crippen molar-refractivity contribution in [2.75, 3.05) is 33.3 Å². The minimum Gasteiger partial charge on any atom is -0.497 e. The Morgan fingerprint density at radius 2 is 2.12 bits per heavy atom. The van der Waals surface area contributed by atoms with Gasteiger partial charge in [0.1, 0.15) is 5.75 Å². The van der Waals surface area contributed by atoms with Gasteiger partial charge in [-0.2, -0.15) is 0 Å². The summed E-state index contributed by atoms with van der Waals surface area (Å²) < 4.78 is 5.23. The maximum Gasteiger partial charge on any atom is 0.230 e. The highest BCUT2D eigenvalue weighted by Crippen LogP contribution is 2.40. The van der Waals surface area contributed by atoms with Crippen LogP contribution in [0.3, 0.4) is 0 Å². The van der Waals surface area contributed by atoms with Gasteiger partial charge in [0.2, 0.25) is 11.8 Å². The second-order valence-corrected chi connectivity index (χ2v) is 7.19. The monoisotopic (exact) mass is 344 g/mol. The fraction of sp³-hybridized carbons (Fsp3) is 0.600. The first-order chi connectivity index (χ1) is 12.1. The van der Waals surface area contributed by atoms with E-state index in [1.165, 1.54) is 0 Å². The molecule has 5 heteroatoms. The molecule has 1 atom stereocenters. The zero-order valence-electron chi connectivity index (χ0n) is 15.3. The number of methoxy groups -OCH3 is 1. The quantitative estimate of drug-likeness (QED) is 0.825. The molecule has 0 bridgehead atoms. The molecule has 2 amide bonds. The van der Waals surface area contributed by atoms with Crippen LogP contribution in [0.1, 0.15) is 38.2 Å². The number of carbonyl (C=O) groups is 2. The second-order valence-electron chi connectivity index (χ2n) is 7.19. The Morgan fingerprint density at radius 1 is 1.28 bits per heavy atom. The van der Waals surface area contributed by atoms with Crippen molar-refractivity contribution in [1.29, 1.82) is 0 Å². The van der Waals surface area contributed by atoms with Crippen molar-refractivity contribution >= 4 is 11.8 Å². The van der Waals surface area contributed by atoms with E-state index in [4.69, 9.17) is 4.74 Å². The average Bonchev–Trinajstić information content (AvgIpc) is 3.07. The van der Waals surface area contributed by atoms with Gasteiger partial charge in [-0.1, -0.05) is 12.1 Å². The molecule has 1 aromatic carbocycles. The van der Waals surface area contributed by atoms with E-state index in [1.807, 2.05) is 41.0 Å². The largest absolute Gasteiger partial charge is 0.497 e. The number of rotatable bonds is 5. The van der Waals surface area contributed by atoms with E-state index < -0.39 is 0 Å². The van der Waals surface area contributed by atoms with Crippen molar-refractivity contribution in [1.82, 2.24) is 9.80 Å². The van der Waals surface area contributed by atoms with E-state index >= 15 is 0 Å². The van der Waals surface area contributed by atoms with E-state index in [2.05, 4.69) is 0 Å². The van der Waals surface area contributed by atoms with Crippen LogP contribution in [0.15, 0.2) is 24.3 Å². The van der Waals surface area contributed by atoms with E-state index in [1.54, 1.807) is 7.11 Å². The number of likely N-dealkylation sites (tertiary alicyclic amines) is 2. The van der Waals surface area contributed by atoms with Gasteiger partial charge in [0.05, 0.1) is 12.5 Å². The number of benzene rings is 1. The minimum absolute atomic E-state index is 0.154. The molecular formula is C20H28N2O3. The number of amides is 2. The molecule has 3 rings (SSSR count). The van der Waals surface area contributed by atoms with Crippen molar-refractivity contribution in [3.8, 4) is 5.75 Å². The van der Waals surface area contributed by atoms with E-state index in [0.717, 1.165) is 43.7 Å². The lowest BCUT2D eigenvalue weighted by Crippen LogP contribution is -2.50. The normalized spacial score (nSPS) is 23.4. The highest BCUT2D eigenvalue weighted by atomic mass is 16.5. The Labute approximate surface area is 149 Å². The molecule has 136 valence electrons. The standard InChI is InChI=1S/C20H28N2O3/c1-3-21-12-5-10-20(19(21)24)11-13-22(15-20)18(23)9-8-16-6-4-7-17(14-16)25-2/h4,6-7,14H,3,5,8-13,15H2,1-2H3. The van der Waals surface area contributed by atoms with Crippen molar-refractivity contribution in [3.05, 3.63) is 29.8 Å². The summed E-state index contributed by atoms with van der Waals surface area (Å²) in [5.41, 5.74) is 0.785. The van der Waals surface area contributed by atoms with Gasteiger partial charge < -0.3 is 14.5 Å². The molecule has 2 aliphatic rings. The number of carbonyl (C=O) groups excluding carboxylic acids is 2. The molecule has 0 saturated carbocycles. The van der Waals surface area contributed by atoms with Gasteiger partial charge in [-0.15, -0.1) is 0 Å². The van der Waals surface area contributed by atoms with E-state index in [0.29, 0.717) is 25.9 Å². The number of hydrogen-bond acceptors (Lipinski definition) is 3. The molecule has 2 aliphatic heterocycles. The molecule has 2 fully saturated rings. The van der Waals surface area contributed by atoms with Crippen LogP contribution in [0.4, 0.5) is 0 Å².